The number of aliphatic hydroxyl groups is 1. The van der Waals surface area contributed by atoms with E-state index < -0.39 is 17.9 Å². The van der Waals surface area contributed by atoms with Gasteiger partial charge >= 0.3 is 0 Å². The molecule has 0 aliphatic rings. The number of hydrogen-bond acceptors (Lipinski definition) is 4. The fraction of sp³-hybridized carbons (Fsp3) is 0.105. The van der Waals surface area contributed by atoms with Crippen molar-refractivity contribution in [2.24, 2.45) is 0 Å². The standard InChI is InChI=1S/C19H16BrClN4O3/c20-15-16(19(28)22-14(10-26)11-6-2-1-3-7-11)24-25-17(15)23-18(27)12-8-4-5-9-13(12)21/h1-9,14,26H,10H2,(H,22,28)(H2,23,24,25,27)/t14-/m1/s1. The van der Waals surface area contributed by atoms with Gasteiger partial charge in [-0.1, -0.05) is 54.1 Å². The van der Waals surface area contributed by atoms with Gasteiger partial charge in [-0.2, -0.15) is 5.10 Å². The molecule has 3 rings (SSSR count). The lowest BCUT2D eigenvalue weighted by Gasteiger charge is -2.16. The Morgan fingerprint density at radius 3 is 2.46 bits per heavy atom. The molecule has 0 saturated heterocycles. The number of H-pyrrole nitrogens is 1. The quantitative estimate of drug-likeness (QED) is 0.448. The fourth-order valence-electron chi connectivity index (χ4n) is 2.53. The third kappa shape index (κ3) is 4.41. The van der Waals surface area contributed by atoms with Gasteiger partial charge in [-0.05, 0) is 33.6 Å². The molecule has 3 aromatic rings. The highest BCUT2D eigenvalue weighted by Crippen LogP contribution is 2.26. The number of anilines is 1. The summed E-state index contributed by atoms with van der Waals surface area (Å²) in [7, 11) is 0. The van der Waals surface area contributed by atoms with E-state index in [-0.39, 0.29) is 22.6 Å². The molecule has 9 heteroatoms. The Morgan fingerprint density at radius 1 is 1.11 bits per heavy atom. The number of carbonyl (C=O) groups excluding carboxylic acids is 2. The van der Waals surface area contributed by atoms with Gasteiger partial charge in [-0.3, -0.25) is 14.7 Å². The first-order chi connectivity index (χ1) is 13.5. The molecule has 2 amide bonds. The summed E-state index contributed by atoms with van der Waals surface area (Å²) < 4.78 is 0.287. The van der Waals surface area contributed by atoms with Crippen LogP contribution in [0, 0.1) is 0 Å². The minimum Gasteiger partial charge on any atom is -0.394 e. The molecular weight excluding hydrogens is 448 g/mol. The first kappa shape index (κ1) is 20.1. The number of aromatic amines is 1. The summed E-state index contributed by atoms with van der Waals surface area (Å²) >= 11 is 9.30. The van der Waals surface area contributed by atoms with Crippen molar-refractivity contribution in [3.8, 4) is 0 Å². The van der Waals surface area contributed by atoms with Crippen LogP contribution in [0.15, 0.2) is 59.1 Å². The fourth-order valence-corrected chi connectivity index (χ4v) is 3.21. The van der Waals surface area contributed by atoms with Crippen LogP contribution in [-0.2, 0) is 0 Å². The summed E-state index contributed by atoms with van der Waals surface area (Å²) in [6.45, 7) is -0.270. The molecule has 1 atom stereocenters. The summed E-state index contributed by atoms with van der Waals surface area (Å²) in [5.74, 6) is -0.737. The SMILES string of the molecule is O=C(Nc1[nH]nc(C(=O)N[C@H](CO)c2ccccc2)c1Br)c1ccccc1Cl. The van der Waals surface area contributed by atoms with Crippen molar-refractivity contribution in [1.82, 2.24) is 15.5 Å². The first-order valence-corrected chi connectivity index (χ1v) is 9.44. The highest BCUT2D eigenvalue weighted by atomic mass is 79.9. The molecule has 2 aromatic carbocycles. The number of carbonyl (C=O) groups is 2. The summed E-state index contributed by atoms with van der Waals surface area (Å²) in [6.07, 6.45) is 0. The van der Waals surface area contributed by atoms with Gasteiger partial charge in [0, 0.05) is 0 Å². The lowest BCUT2D eigenvalue weighted by molar-refractivity contribution is 0.0909. The summed E-state index contributed by atoms with van der Waals surface area (Å²) in [4.78, 5) is 24.9. The topological polar surface area (TPSA) is 107 Å². The van der Waals surface area contributed by atoms with Crippen LogP contribution < -0.4 is 10.6 Å². The van der Waals surface area contributed by atoms with Crippen molar-refractivity contribution in [2.75, 3.05) is 11.9 Å². The Labute approximate surface area is 174 Å². The maximum atomic E-state index is 12.6. The molecule has 0 fully saturated rings. The van der Waals surface area contributed by atoms with Crippen LogP contribution in [0.5, 0.6) is 0 Å². The van der Waals surface area contributed by atoms with E-state index in [2.05, 4.69) is 36.8 Å². The molecule has 1 heterocycles. The lowest BCUT2D eigenvalue weighted by atomic mass is 10.1. The highest BCUT2D eigenvalue weighted by molar-refractivity contribution is 9.10. The summed E-state index contributed by atoms with van der Waals surface area (Å²) in [5, 5.41) is 21.8. The van der Waals surface area contributed by atoms with Crippen molar-refractivity contribution in [2.45, 2.75) is 6.04 Å². The minimum absolute atomic E-state index is 0.0452. The largest absolute Gasteiger partial charge is 0.394 e. The summed E-state index contributed by atoms with van der Waals surface area (Å²) in [6, 6.07) is 15.1. The van der Waals surface area contributed by atoms with E-state index in [1.807, 2.05) is 18.2 Å². The van der Waals surface area contributed by atoms with Crippen molar-refractivity contribution in [1.29, 1.82) is 0 Å². The van der Waals surface area contributed by atoms with Crippen LogP contribution >= 0.6 is 27.5 Å². The van der Waals surface area contributed by atoms with E-state index in [0.717, 1.165) is 5.56 Å². The molecule has 28 heavy (non-hydrogen) atoms. The smallest absolute Gasteiger partial charge is 0.273 e. The van der Waals surface area contributed by atoms with E-state index in [1.165, 1.54) is 0 Å². The van der Waals surface area contributed by atoms with Crippen LogP contribution in [0.25, 0.3) is 0 Å². The maximum absolute atomic E-state index is 12.6. The van der Waals surface area contributed by atoms with Crippen LogP contribution in [0.4, 0.5) is 5.82 Å². The predicted octanol–water partition coefficient (Wildman–Crippen LogP) is 3.54. The molecule has 0 radical (unpaired) electrons. The second kappa shape index (κ2) is 9.01. The second-order valence-corrected chi connectivity index (χ2v) is 7.01. The normalized spacial score (nSPS) is 11.7. The molecule has 0 saturated carbocycles. The van der Waals surface area contributed by atoms with Crippen molar-refractivity contribution < 1.29 is 14.7 Å². The Balaban J connectivity index is 1.74. The van der Waals surface area contributed by atoms with Crippen LogP contribution in [0.1, 0.15) is 32.5 Å². The summed E-state index contributed by atoms with van der Waals surface area (Å²) in [5.41, 5.74) is 1.10. The van der Waals surface area contributed by atoms with E-state index in [1.54, 1.807) is 36.4 Å². The Hall–Kier alpha value is -2.68. The number of aromatic nitrogens is 2. The highest BCUT2D eigenvalue weighted by Gasteiger charge is 2.22. The lowest BCUT2D eigenvalue weighted by Crippen LogP contribution is -2.31. The van der Waals surface area contributed by atoms with Crippen LogP contribution in [-0.4, -0.2) is 33.7 Å². The van der Waals surface area contributed by atoms with Crippen molar-refractivity contribution in [3.63, 3.8) is 0 Å². The molecule has 1 aromatic heterocycles. The molecule has 144 valence electrons. The van der Waals surface area contributed by atoms with Gasteiger partial charge < -0.3 is 15.7 Å². The van der Waals surface area contributed by atoms with Crippen molar-refractivity contribution >= 4 is 45.2 Å². The average Bonchev–Trinajstić information content (AvgIpc) is 3.07. The number of aliphatic hydroxyl groups excluding tert-OH is 1. The van der Waals surface area contributed by atoms with E-state index >= 15 is 0 Å². The molecule has 4 N–H and O–H groups in total. The zero-order valence-corrected chi connectivity index (χ0v) is 16.8. The zero-order valence-electron chi connectivity index (χ0n) is 14.4. The van der Waals surface area contributed by atoms with Gasteiger partial charge in [0.25, 0.3) is 11.8 Å². The number of nitrogens with zero attached hydrogens (tertiary/aromatic N) is 1. The van der Waals surface area contributed by atoms with E-state index in [9.17, 15) is 14.7 Å². The molecule has 7 nitrogen and oxygen atoms in total. The third-order valence-electron chi connectivity index (χ3n) is 3.97. The zero-order chi connectivity index (χ0) is 20.1. The van der Waals surface area contributed by atoms with Gasteiger partial charge in [0.2, 0.25) is 0 Å². The van der Waals surface area contributed by atoms with Crippen LogP contribution in [0.3, 0.4) is 0 Å². The number of halogens is 2. The number of hydrogen-bond donors (Lipinski definition) is 4. The number of amides is 2. The van der Waals surface area contributed by atoms with Crippen LogP contribution in [0.2, 0.25) is 5.02 Å². The van der Waals surface area contributed by atoms with Crippen molar-refractivity contribution in [3.05, 3.63) is 80.9 Å². The molecule has 0 bridgehead atoms. The number of benzene rings is 2. The van der Waals surface area contributed by atoms with E-state index in [4.69, 9.17) is 11.6 Å². The Morgan fingerprint density at radius 2 is 1.79 bits per heavy atom. The molecule has 0 spiro atoms. The molecule has 0 aliphatic heterocycles. The Bertz CT molecular complexity index is 994. The van der Waals surface area contributed by atoms with Gasteiger partial charge in [0.05, 0.1) is 27.7 Å². The minimum atomic E-state index is -0.585. The third-order valence-corrected chi connectivity index (χ3v) is 5.07. The number of rotatable bonds is 6. The monoisotopic (exact) mass is 462 g/mol. The number of nitrogens with one attached hydrogen (secondary N) is 3. The second-order valence-electron chi connectivity index (χ2n) is 5.81. The Kier molecular flexibility index (Phi) is 6.45. The molecule has 0 unspecified atom stereocenters. The maximum Gasteiger partial charge on any atom is 0.273 e. The van der Waals surface area contributed by atoms with Gasteiger partial charge in [0.15, 0.2) is 5.69 Å². The first-order valence-electron chi connectivity index (χ1n) is 8.27. The van der Waals surface area contributed by atoms with Gasteiger partial charge in [-0.15, -0.1) is 0 Å². The van der Waals surface area contributed by atoms with Gasteiger partial charge in [0.1, 0.15) is 5.82 Å². The average molecular weight is 464 g/mol. The molecular formula is C19H16BrClN4O3. The predicted molar refractivity (Wildman–Crippen MR) is 109 cm³/mol. The van der Waals surface area contributed by atoms with E-state index in [0.29, 0.717) is 10.6 Å². The van der Waals surface area contributed by atoms with Gasteiger partial charge in [-0.25, -0.2) is 0 Å². The molecule has 0 aliphatic carbocycles.